The van der Waals surface area contributed by atoms with Crippen molar-refractivity contribution in [3.8, 4) is 28.2 Å². The summed E-state index contributed by atoms with van der Waals surface area (Å²) in [6, 6.07) is 21.8. The van der Waals surface area contributed by atoms with Crippen LogP contribution >= 0.6 is 11.6 Å². The largest absolute Gasteiger partial charge is 0.383 e. The van der Waals surface area contributed by atoms with E-state index in [1.54, 1.807) is 41.2 Å². The summed E-state index contributed by atoms with van der Waals surface area (Å²) < 4.78 is 1.55. The topological polar surface area (TPSA) is 73.8 Å². The van der Waals surface area contributed by atoms with Crippen LogP contribution in [0.5, 0.6) is 0 Å². The van der Waals surface area contributed by atoms with Gasteiger partial charge in [-0.15, -0.1) is 0 Å². The molecule has 0 unspecified atom stereocenters. The van der Waals surface area contributed by atoms with Gasteiger partial charge >= 0.3 is 0 Å². The summed E-state index contributed by atoms with van der Waals surface area (Å²) in [6.07, 6.45) is 1.62. The van der Waals surface area contributed by atoms with Crippen LogP contribution in [0.2, 0.25) is 5.02 Å². The molecule has 4 aromatic rings. The minimum atomic E-state index is -0.313. The molecule has 0 aliphatic carbocycles. The van der Waals surface area contributed by atoms with Crippen LogP contribution in [-0.2, 0) is 0 Å². The highest BCUT2D eigenvalue weighted by molar-refractivity contribution is 6.33. The summed E-state index contributed by atoms with van der Waals surface area (Å²) >= 11 is 6.36. The highest BCUT2D eigenvalue weighted by Gasteiger charge is 2.21. The molecular formula is C21H15ClN4O. The molecule has 0 radical (unpaired) electrons. The van der Waals surface area contributed by atoms with E-state index in [2.05, 4.69) is 10.1 Å². The molecule has 2 aromatic carbocycles. The van der Waals surface area contributed by atoms with Crippen LogP contribution in [0.4, 0.5) is 5.82 Å². The standard InChI is InChI=1S/C21H15ClN4O/c22-16-11-5-4-10-15(16)18-20(27)19(17-12-6-7-13-24-17)25-26(21(18)23)14-8-2-1-3-9-14/h1-13H,23H2. The summed E-state index contributed by atoms with van der Waals surface area (Å²) in [7, 11) is 0. The van der Waals surface area contributed by atoms with E-state index in [0.717, 1.165) is 5.69 Å². The summed E-state index contributed by atoms with van der Waals surface area (Å²) in [5.41, 5.74) is 8.36. The molecule has 0 aliphatic rings. The molecule has 132 valence electrons. The lowest BCUT2D eigenvalue weighted by Gasteiger charge is -2.16. The Kier molecular flexibility index (Phi) is 4.44. The van der Waals surface area contributed by atoms with Crippen LogP contribution in [0.3, 0.4) is 0 Å². The first-order valence-electron chi connectivity index (χ1n) is 8.31. The van der Waals surface area contributed by atoms with E-state index in [9.17, 15) is 4.79 Å². The zero-order valence-corrected chi connectivity index (χ0v) is 15.0. The molecule has 2 N–H and O–H groups in total. The molecule has 2 heterocycles. The van der Waals surface area contributed by atoms with E-state index >= 15 is 0 Å². The monoisotopic (exact) mass is 374 g/mol. The van der Waals surface area contributed by atoms with E-state index < -0.39 is 0 Å². The molecule has 6 heteroatoms. The van der Waals surface area contributed by atoms with Gasteiger partial charge in [-0.3, -0.25) is 9.78 Å². The first-order valence-corrected chi connectivity index (χ1v) is 8.69. The number of nitrogen functional groups attached to an aromatic ring is 1. The van der Waals surface area contributed by atoms with Crippen LogP contribution in [0.25, 0.3) is 28.2 Å². The van der Waals surface area contributed by atoms with Crippen molar-refractivity contribution in [2.24, 2.45) is 0 Å². The van der Waals surface area contributed by atoms with E-state index in [0.29, 0.717) is 21.8 Å². The zero-order valence-electron chi connectivity index (χ0n) is 14.2. The number of aromatic nitrogens is 3. The third kappa shape index (κ3) is 3.09. The molecule has 27 heavy (non-hydrogen) atoms. The first-order chi connectivity index (χ1) is 13.2. The number of hydrogen-bond acceptors (Lipinski definition) is 4. The fraction of sp³-hybridized carbons (Fsp3) is 0. The van der Waals surface area contributed by atoms with Gasteiger partial charge in [-0.05, 0) is 30.3 Å². The zero-order chi connectivity index (χ0) is 18.8. The third-order valence-electron chi connectivity index (χ3n) is 4.18. The Morgan fingerprint density at radius 2 is 1.59 bits per heavy atom. The second-order valence-electron chi connectivity index (χ2n) is 5.88. The van der Waals surface area contributed by atoms with Gasteiger partial charge in [0.05, 0.1) is 16.9 Å². The Bertz CT molecular complexity index is 1160. The summed E-state index contributed by atoms with van der Waals surface area (Å²) in [6.45, 7) is 0. The predicted octanol–water partition coefficient (Wildman–Crippen LogP) is 4.20. The lowest BCUT2D eigenvalue weighted by molar-refractivity contribution is 0.855. The molecule has 4 rings (SSSR count). The molecule has 0 fully saturated rings. The summed E-state index contributed by atoms with van der Waals surface area (Å²) in [5.74, 6) is 0.221. The minimum Gasteiger partial charge on any atom is -0.383 e. The lowest BCUT2D eigenvalue weighted by atomic mass is 10.0. The van der Waals surface area contributed by atoms with E-state index in [1.807, 2.05) is 42.5 Å². The molecule has 2 aromatic heterocycles. The van der Waals surface area contributed by atoms with Crippen LogP contribution < -0.4 is 11.2 Å². The quantitative estimate of drug-likeness (QED) is 0.583. The fourth-order valence-corrected chi connectivity index (χ4v) is 3.13. The van der Waals surface area contributed by atoms with Crippen molar-refractivity contribution < 1.29 is 0 Å². The minimum absolute atomic E-state index is 0.212. The molecule has 5 nitrogen and oxygen atoms in total. The molecular weight excluding hydrogens is 360 g/mol. The van der Waals surface area contributed by atoms with Gasteiger partial charge in [0.1, 0.15) is 5.82 Å². The van der Waals surface area contributed by atoms with Crippen molar-refractivity contribution in [2.45, 2.75) is 0 Å². The van der Waals surface area contributed by atoms with Crippen molar-refractivity contribution in [3.63, 3.8) is 0 Å². The maximum atomic E-state index is 13.3. The van der Waals surface area contributed by atoms with Crippen LogP contribution in [0.1, 0.15) is 0 Å². The molecule has 0 bridgehead atoms. The Morgan fingerprint density at radius 1 is 0.889 bits per heavy atom. The second kappa shape index (κ2) is 7.05. The SMILES string of the molecule is Nc1c(-c2ccccc2Cl)c(=O)c(-c2ccccn2)nn1-c1ccccc1. The average molecular weight is 375 g/mol. The molecule has 0 saturated carbocycles. The van der Waals surface area contributed by atoms with Gasteiger partial charge in [-0.2, -0.15) is 5.10 Å². The second-order valence-corrected chi connectivity index (χ2v) is 6.29. The molecule has 0 atom stereocenters. The fourth-order valence-electron chi connectivity index (χ4n) is 2.90. The Balaban J connectivity index is 2.10. The Labute approximate surface area is 160 Å². The number of hydrogen-bond donors (Lipinski definition) is 1. The Hall–Kier alpha value is -3.44. The molecule has 0 spiro atoms. The van der Waals surface area contributed by atoms with Crippen molar-refractivity contribution in [3.05, 3.63) is 94.2 Å². The van der Waals surface area contributed by atoms with E-state index in [-0.39, 0.29) is 16.9 Å². The van der Waals surface area contributed by atoms with Crippen LogP contribution in [0.15, 0.2) is 83.8 Å². The van der Waals surface area contributed by atoms with Crippen LogP contribution in [0, 0.1) is 0 Å². The van der Waals surface area contributed by atoms with Crippen molar-refractivity contribution in [1.82, 2.24) is 14.8 Å². The van der Waals surface area contributed by atoms with Gasteiger partial charge in [-0.1, -0.05) is 54.1 Å². The van der Waals surface area contributed by atoms with E-state index in [1.165, 1.54) is 0 Å². The number of halogens is 1. The number of benzene rings is 2. The first kappa shape index (κ1) is 17.0. The average Bonchev–Trinajstić information content (AvgIpc) is 2.71. The lowest BCUT2D eigenvalue weighted by Crippen LogP contribution is -2.21. The number of nitrogens with two attached hydrogens (primary N) is 1. The number of para-hydroxylation sites is 1. The maximum absolute atomic E-state index is 13.3. The maximum Gasteiger partial charge on any atom is 0.219 e. The van der Waals surface area contributed by atoms with Crippen molar-refractivity contribution in [1.29, 1.82) is 0 Å². The normalized spacial score (nSPS) is 10.7. The predicted molar refractivity (Wildman–Crippen MR) is 108 cm³/mol. The van der Waals surface area contributed by atoms with E-state index in [4.69, 9.17) is 17.3 Å². The van der Waals surface area contributed by atoms with Gasteiger partial charge in [0.2, 0.25) is 5.43 Å². The number of anilines is 1. The molecule has 0 amide bonds. The van der Waals surface area contributed by atoms with Crippen LogP contribution in [-0.4, -0.2) is 14.8 Å². The van der Waals surface area contributed by atoms with Gasteiger partial charge in [0.25, 0.3) is 0 Å². The highest BCUT2D eigenvalue weighted by Crippen LogP contribution is 2.31. The van der Waals surface area contributed by atoms with Gasteiger partial charge in [0, 0.05) is 16.8 Å². The summed E-state index contributed by atoms with van der Waals surface area (Å²) in [4.78, 5) is 17.6. The molecule has 0 aliphatic heterocycles. The number of pyridine rings is 1. The number of nitrogens with zero attached hydrogens (tertiary/aromatic N) is 3. The van der Waals surface area contributed by atoms with Gasteiger partial charge < -0.3 is 5.73 Å². The van der Waals surface area contributed by atoms with Crippen molar-refractivity contribution in [2.75, 3.05) is 5.73 Å². The smallest absolute Gasteiger partial charge is 0.219 e. The van der Waals surface area contributed by atoms with Gasteiger partial charge in [-0.25, -0.2) is 4.68 Å². The molecule has 0 saturated heterocycles. The third-order valence-corrected chi connectivity index (χ3v) is 4.51. The highest BCUT2D eigenvalue weighted by atomic mass is 35.5. The van der Waals surface area contributed by atoms with Crippen molar-refractivity contribution >= 4 is 17.4 Å². The van der Waals surface area contributed by atoms with Gasteiger partial charge in [0.15, 0.2) is 5.69 Å². The number of rotatable bonds is 3. The Morgan fingerprint density at radius 3 is 2.30 bits per heavy atom. The summed E-state index contributed by atoms with van der Waals surface area (Å²) in [5, 5.41) is 4.95.